The van der Waals surface area contributed by atoms with Gasteiger partial charge in [-0.2, -0.15) is 13.5 Å². The molecule has 0 bridgehead atoms. The van der Waals surface area contributed by atoms with E-state index in [-0.39, 0.29) is 16.6 Å². The van der Waals surface area contributed by atoms with E-state index in [4.69, 9.17) is 4.18 Å². The highest BCUT2D eigenvalue weighted by Gasteiger charge is 2.18. The molecule has 0 heterocycles. The summed E-state index contributed by atoms with van der Waals surface area (Å²) in [5.74, 6) is -0.274. The second-order valence-electron chi connectivity index (χ2n) is 7.81. The molecule has 0 saturated heterocycles. The number of benzene rings is 5. The Morgan fingerprint density at radius 2 is 1.43 bits per heavy atom. The molecule has 7 heteroatoms. The topological polar surface area (TPSA) is 84.8 Å². The van der Waals surface area contributed by atoms with Gasteiger partial charge in [0.1, 0.15) is 4.90 Å². The average Bonchev–Trinajstić information content (AvgIpc) is 2.89. The van der Waals surface area contributed by atoms with Crippen LogP contribution in [0.1, 0.15) is 15.9 Å². The summed E-state index contributed by atoms with van der Waals surface area (Å²) in [6, 6.07) is 31.9. The molecule has 5 rings (SSSR count). The van der Waals surface area contributed by atoms with Gasteiger partial charge in [0.25, 0.3) is 5.91 Å². The Bertz CT molecular complexity index is 1690. The zero-order valence-corrected chi connectivity index (χ0v) is 19.3. The largest absolute Gasteiger partial charge is 0.378 e. The Kier molecular flexibility index (Phi) is 5.99. The molecule has 0 spiro atoms. The highest BCUT2D eigenvalue weighted by Crippen LogP contribution is 2.25. The number of hydrogen-bond acceptors (Lipinski definition) is 5. The normalized spacial score (nSPS) is 11.7. The zero-order valence-electron chi connectivity index (χ0n) is 18.5. The van der Waals surface area contributed by atoms with E-state index in [1.807, 2.05) is 60.7 Å². The van der Waals surface area contributed by atoms with Crippen molar-refractivity contribution < 1.29 is 17.4 Å². The Balaban J connectivity index is 1.36. The molecule has 1 amide bonds. The van der Waals surface area contributed by atoms with Crippen LogP contribution < -0.4 is 9.61 Å². The summed E-state index contributed by atoms with van der Waals surface area (Å²) in [5.41, 5.74) is 3.39. The lowest BCUT2D eigenvalue weighted by atomic mass is 10.0. The summed E-state index contributed by atoms with van der Waals surface area (Å²) in [5, 5.41) is 7.51. The second-order valence-corrected chi connectivity index (χ2v) is 9.36. The lowest BCUT2D eigenvalue weighted by molar-refractivity contribution is 0.0956. The van der Waals surface area contributed by atoms with Crippen molar-refractivity contribution in [3.05, 3.63) is 120 Å². The molecule has 0 aromatic heterocycles. The van der Waals surface area contributed by atoms with Gasteiger partial charge in [-0.3, -0.25) is 4.79 Å². The first-order chi connectivity index (χ1) is 17.0. The molecule has 172 valence electrons. The molecule has 0 fully saturated rings. The molecule has 5 aromatic rings. The van der Waals surface area contributed by atoms with Gasteiger partial charge in [-0.15, -0.1) is 0 Å². The molecule has 0 unspecified atom stereocenters. The van der Waals surface area contributed by atoms with E-state index in [0.717, 1.165) is 21.5 Å². The SMILES string of the molecule is O=C(N/N=C\c1ccccc1OS(=O)(=O)c1ccc2ccccc2c1)c1cccc2ccccc12. The van der Waals surface area contributed by atoms with Crippen molar-refractivity contribution in [3.63, 3.8) is 0 Å². The molecular weight excluding hydrogens is 460 g/mol. The predicted octanol–water partition coefficient (Wildman–Crippen LogP) is 5.52. The van der Waals surface area contributed by atoms with Crippen LogP contribution in [-0.2, 0) is 10.1 Å². The first kappa shape index (κ1) is 22.3. The number of nitrogens with zero attached hydrogens (tertiary/aromatic N) is 1. The molecule has 0 radical (unpaired) electrons. The van der Waals surface area contributed by atoms with Gasteiger partial charge in [-0.05, 0) is 51.9 Å². The maximum atomic E-state index is 13.0. The quantitative estimate of drug-likeness (QED) is 0.197. The van der Waals surface area contributed by atoms with Gasteiger partial charge < -0.3 is 4.18 Å². The number of hydrogen-bond donors (Lipinski definition) is 1. The van der Waals surface area contributed by atoms with Crippen LogP contribution in [0.5, 0.6) is 5.75 Å². The minimum absolute atomic E-state index is 0.0483. The maximum absolute atomic E-state index is 13.0. The van der Waals surface area contributed by atoms with Gasteiger partial charge >= 0.3 is 10.1 Å². The zero-order chi connectivity index (χ0) is 24.3. The second kappa shape index (κ2) is 9.40. The van der Waals surface area contributed by atoms with Crippen molar-refractivity contribution >= 4 is 43.8 Å². The lowest BCUT2D eigenvalue weighted by Gasteiger charge is -2.10. The third-order valence-electron chi connectivity index (χ3n) is 5.53. The van der Waals surface area contributed by atoms with Crippen LogP contribution >= 0.6 is 0 Å². The van der Waals surface area contributed by atoms with Crippen molar-refractivity contribution in [2.75, 3.05) is 0 Å². The lowest BCUT2D eigenvalue weighted by Crippen LogP contribution is -2.18. The molecule has 6 nitrogen and oxygen atoms in total. The van der Waals surface area contributed by atoms with Crippen molar-refractivity contribution in [2.45, 2.75) is 4.90 Å². The minimum Gasteiger partial charge on any atom is -0.378 e. The Hall–Kier alpha value is -4.49. The Labute approximate surface area is 202 Å². The first-order valence-electron chi connectivity index (χ1n) is 10.8. The molecule has 0 atom stereocenters. The third-order valence-corrected chi connectivity index (χ3v) is 6.76. The van der Waals surface area contributed by atoms with Crippen LogP contribution in [0.25, 0.3) is 21.5 Å². The minimum atomic E-state index is -4.08. The molecule has 1 N–H and O–H groups in total. The van der Waals surface area contributed by atoms with Crippen LogP contribution in [0.4, 0.5) is 0 Å². The fraction of sp³-hybridized carbons (Fsp3) is 0. The Morgan fingerprint density at radius 1 is 0.743 bits per heavy atom. The smallest absolute Gasteiger partial charge is 0.339 e. The van der Waals surface area contributed by atoms with Crippen molar-refractivity contribution in [3.8, 4) is 5.75 Å². The average molecular weight is 481 g/mol. The fourth-order valence-electron chi connectivity index (χ4n) is 3.80. The summed E-state index contributed by atoms with van der Waals surface area (Å²) in [4.78, 5) is 12.8. The fourth-order valence-corrected chi connectivity index (χ4v) is 4.79. The molecule has 0 saturated carbocycles. The van der Waals surface area contributed by atoms with E-state index in [2.05, 4.69) is 10.5 Å². The summed E-state index contributed by atoms with van der Waals surface area (Å²) >= 11 is 0. The summed E-state index contributed by atoms with van der Waals surface area (Å²) < 4.78 is 31.3. The number of carbonyl (C=O) groups is 1. The van der Waals surface area contributed by atoms with Crippen molar-refractivity contribution in [1.82, 2.24) is 5.43 Å². The van der Waals surface area contributed by atoms with Gasteiger partial charge in [0.2, 0.25) is 0 Å². The summed E-state index contributed by atoms with van der Waals surface area (Å²) in [6.07, 6.45) is 1.36. The molecule has 0 aliphatic rings. The number of nitrogens with one attached hydrogen (secondary N) is 1. The van der Waals surface area contributed by atoms with E-state index in [1.165, 1.54) is 18.3 Å². The van der Waals surface area contributed by atoms with Crippen LogP contribution in [0.2, 0.25) is 0 Å². The highest BCUT2D eigenvalue weighted by molar-refractivity contribution is 7.87. The van der Waals surface area contributed by atoms with Gasteiger partial charge in [-0.25, -0.2) is 5.43 Å². The van der Waals surface area contributed by atoms with Gasteiger partial charge in [0.05, 0.1) is 6.21 Å². The van der Waals surface area contributed by atoms with Gasteiger partial charge in [0.15, 0.2) is 5.75 Å². The van der Waals surface area contributed by atoms with Gasteiger partial charge in [-0.1, -0.05) is 78.9 Å². The third kappa shape index (κ3) is 4.76. The Morgan fingerprint density at radius 3 is 2.29 bits per heavy atom. The van der Waals surface area contributed by atoms with Crippen molar-refractivity contribution in [2.24, 2.45) is 5.10 Å². The first-order valence-corrected chi connectivity index (χ1v) is 12.3. The number of carbonyl (C=O) groups excluding carboxylic acids is 1. The van der Waals surface area contributed by atoms with E-state index in [0.29, 0.717) is 11.1 Å². The number of amides is 1. The standard InChI is InChI=1S/C28H20N2O4S/c31-28(26-14-7-12-21-9-3-5-13-25(21)26)30-29-19-23-11-4-6-15-27(23)34-35(32,33)24-17-16-20-8-1-2-10-22(20)18-24/h1-19H,(H,30,31)/b29-19-. The van der Waals surface area contributed by atoms with E-state index in [1.54, 1.807) is 36.4 Å². The highest BCUT2D eigenvalue weighted by atomic mass is 32.2. The van der Waals surface area contributed by atoms with Crippen molar-refractivity contribution in [1.29, 1.82) is 0 Å². The summed E-state index contributed by atoms with van der Waals surface area (Å²) in [7, 11) is -4.08. The number of para-hydroxylation sites is 1. The van der Waals surface area contributed by atoms with Crippen LogP contribution in [0, 0.1) is 0 Å². The van der Waals surface area contributed by atoms with Gasteiger partial charge in [0, 0.05) is 11.1 Å². The van der Waals surface area contributed by atoms with Crippen LogP contribution in [0.3, 0.4) is 0 Å². The molecular formula is C28H20N2O4S. The number of rotatable bonds is 6. The summed E-state index contributed by atoms with van der Waals surface area (Å²) in [6.45, 7) is 0. The monoisotopic (exact) mass is 480 g/mol. The van der Waals surface area contributed by atoms with E-state index >= 15 is 0 Å². The number of hydrazone groups is 1. The number of fused-ring (bicyclic) bond motifs is 2. The predicted molar refractivity (Wildman–Crippen MR) is 137 cm³/mol. The maximum Gasteiger partial charge on any atom is 0.339 e. The van der Waals surface area contributed by atoms with Crippen LogP contribution in [0.15, 0.2) is 119 Å². The van der Waals surface area contributed by atoms with Crippen LogP contribution in [-0.4, -0.2) is 20.5 Å². The molecule has 0 aliphatic heterocycles. The molecule has 5 aromatic carbocycles. The van der Waals surface area contributed by atoms with E-state index in [9.17, 15) is 13.2 Å². The van der Waals surface area contributed by atoms with E-state index < -0.39 is 10.1 Å². The molecule has 35 heavy (non-hydrogen) atoms. The molecule has 0 aliphatic carbocycles.